The molecule has 7 nitrogen and oxygen atoms in total. The molecular formula is C21H32N2O5S2. The number of benzene rings is 1. The van der Waals surface area contributed by atoms with E-state index in [0.29, 0.717) is 13.2 Å². The summed E-state index contributed by atoms with van der Waals surface area (Å²) in [6, 6.07) is 8.11. The van der Waals surface area contributed by atoms with Crippen LogP contribution in [0.25, 0.3) is 10.4 Å². The Morgan fingerprint density at radius 3 is 2.30 bits per heavy atom. The van der Waals surface area contributed by atoms with Gasteiger partial charge in [-0.25, -0.2) is 9.78 Å². The number of hydrogen-bond acceptors (Lipinski definition) is 7. The Morgan fingerprint density at radius 2 is 1.83 bits per heavy atom. The molecule has 30 heavy (non-hydrogen) atoms. The van der Waals surface area contributed by atoms with Crippen molar-refractivity contribution in [2.75, 3.05) is 12.9 Å². The van der Waals surface area contributed by atoms with Crippen LogP contribution in [0.2, 0.25) is 0 Å². The average molecular weight is 457 g/mol. The van der Waals surface area contributed by atoms with Gasteiger partial charge >= 0.3 is 6.09 Å². The number of aryl methyl sites for hydroxylation is 1. The first-order valence-electron chi connectivity index (χ1n) is 9.72. The lowest BCUT2D eigenvalue weighted by atomic mass is 10.1. The molecule has 0 saturated carbocycles. The molecule has 2 aromatic rings. The second-order valence-electron chi connectivity index (χ2n) is 7.70. The van der Waals surface area contributed by atoms with Gasteiger partial charge in [-0.2, -0.15) is 8.42 Å². The Labute approximate surface area is 184 Å². The number of nitrogens with one attached hydrogen (secondary N) is 1. The Hall–Kier alpha value is -1.97. The van der Waals surface area contributed by atoms with Crippen LogP contribution in [0.5, 0.6) is 0 Å². The number of rotatable bonds is 7. The quantitative estimate of drug-likeness (QED) is 0.470. The number of alkyl carbamates (subject to hydrolysis) is 1. The Bertz CT molecular complexity index is 885. The summed E-state index contributed by atoms with van der Waals surface area (Å²) in [5, 5.41) is 2.75. The number of hydrogen-bond donors (Lipinski definition) is 1. The molecule has 0 aliphatic carbocycles. The highest BCUT2D eigenvalue weighted by molar-refractivity contribution is 7.85. The molecule has 0 aliphatic heterocycles. The summed E-state index contributed by atoms with van der Waals surface area (Å²) in [5.41, 5.74) is 4.60. The van der Waals surface area contributed by atoms with E-state index in [2.05, 4.69) is 14.5 Å². The molecular weight excluding hydrogens is 424 g/mol. The molecule has 0 unspecified atom stereocenters. The van der Waals surface area contributed by atoms with Crippen molar-refractivity contribution in [3.8, 4) is 10.4 Å². The summed E-state index contributed by atoms with van der Waals surface area (Å²) in [4.78, 5) is 17.0. The van der Waals surface area contributed by atoms with E-state index in [4.69, 9.17) is 4.74 Å². The third-order valence-corrected chi connectivity index (χ3v) is 5.17. The third-order valence-electron chi connectivity index (χ3n) is 3.59. The Balaban J connectivity index is 0.000000424. The second kappa shape index (κ2) is 12.0. The fourth-order valence-electron chi connectivity index (χ4n) is 2.20. The van der Waals surface area contributed by atoms with Gasteiger partial charge in [0, 0.05) is 6.54 Å². The molecule has 2 rings (SSSR count). The molecule has 0 fully saturated rings. The summed E-state index contributed by atoms with van der Waals surface area (Å²) >= 11 is 1.63. The highest BCUT2D eigenvalue weighted by Gasteiger charge is 2.15. The summed E-state index contributed by atoms with van der Waals surface area (Å²) in [7, 11) is -3.20. The number of carbonyl (C=O) groups excluding carboxylic acids is 1. The molecule has 1 heterocycles. The summed E-state index contributed by atoms with van der Waals surface area (Å²) in [6.07, 6.45) is 2.41. The molecule has 1 amide bonds. The van der Waals surface area contributed by atoms with E-state index in [1.54, 1.807) is 11.3 Å². The number of ether oxygens (including phenoxy) is 1. The van der Waals surface area contributed by atoms with Crippen LogP contribution in [0, 0.1) is 6.92 Å². The van der Waals surface area contributed by atoms with Crippen LogP contribution in [0.3, 0.4) is 0 Å². The zero-order valence-electron chi connectivity index (χ0n) is 18.5. The molecule has 1 N–H and O–H groups in total. The second-order valence-corrected chi connectivity index (χ2v) is 10.2. The van der Waals surface area contributed by atoms with Gasteiger partial charge in [0.05, 0.1) is 28.9 Å². The Morgan fingerprint density at radius 1 is 1.20 bits per heavy atom. The number of carbonyl (C=O) groups is 1. The van der Waals surface area contributed by atoms with Crippen LogP contribution in [-0.2, 0) is 25.6 Å². The van der Waals surface area contributed by atoms with Crippen LogP contribution >= 0.6 is 11.3 Å². The van der Waals surface area contributed by atoms with Crippen molar-refractivity contribution >= 4 is 27.5 Å². The molecule has 0 saturated heterocycles. The van der Waals surface area contributed by atoms with Crippen molar-refractivity contribution < 1.29 is 22.1 Å². The van der Waals surface area contributed by atoms with Gasteiger partial charge in [0.2, 0.25) is 0 Å². The lowest BCUT2D eigenvalue weighted by molar-refractivity contribution is 0.0523. The van der Waals surface area contributed by atoms with Gasteiger partial charge in [-0.15, -0.1) is 11.3 Å². The zero-order chi connectivity index (χ0) is 22.8. The minimum atomic E-state index is -3.20. The number of aromatic nitrogens is 1. The van der Waals surface area contributed by atoms with E-state index in [0.717, 1.165) is 35.9 Å². The minimum absolute atomic E-state index is 0.315. The molecule has 1 aromatic carbocycles. The van der Waals surface area contributed by atoms with Crippen molar-refractivity contribution in [2.45, 2.75) is 59.6 Å². The molecule has 0 radical (unpaired) electrons. The number of unbranched alkanes of at least 4 members (excludes halogenated alkanes) is 1. The third kappa shape index (κ3) is 11.3. The maximum absolute atomic E-state index is 11.6. The van der Waals surface area contributed by atoms with Crippen molar-refractivity contribution in [3.63, 3.8) is 0 Å². The lowest BCUT2D eigenvalue weighted by Crippen LogP contribution is -2.32. The molecule has 168 valence electrons. The molecule has 9 heteroatoms. The normalized spacial score (nSPS) is 11.4. The molecule has 0 atom stereocenters. The maximum atomic E-state index is 11.6. The molecule has 1 aromatic heterocycles. The van der Waals surface area contributed by atoms with Crippen LogP contribution in [0.4, 0.5) is 4.79 Å². The predicted octanol–water partition coefficient (Wildman–Crippen LogP) is 4.91. The number of thiazole rings is 1. The summed E-state index contributed by atoms with van der Waals surface area (Å²) in [6.45, 7) is 10.3. The van der Waals surface area contributed by atoms with Crippen molar-refractivity contribution in [1.82, 2.24) is 10.3 Å². The topological polar surface area (TPSA) is 94.6 Å². The van der Waals surface area contributed by atoms with E-state index in [1.165, 1.54) is 4.88 Å². The SMILES string of the molecule is CCCCOS(C)(=O)=O.Cc1ncsc1-c1ccc(CNC(=O)OC(C)(C)C)cc1. The molecule has 0 bridgehead atoms. The average Bonchev–Trinajstić information content (AvgIpc) is 3.05. The molecule has 0 aliphatic rings. The fraction of sp³-hybridized carbons (Fsp3) is 0.524. The fourth-order valence-corrected chi connectivity index (χ4v) is 3.43. The summed E-state index contributed by atoms with van der Waals surface area (Å²) < 4.78 is 30.2. The zero-order valence-corrected chi connectivity index (χ0v) is 20.2. The predicted molar refractivity (Wildman–Crippen MR) is 121 cm³/mol. The highest BCUT2D eigenvalue weighted by atomic mass is 32.2. The van der Waals surface area contributed by atoms with E-state index in [9.17, 15) is 13.2 Å². The van der Waals surface area contributed by atoms with Gasteiger partial charge in [-0.1, -0.05) is 37.6 Å². The standard InChI is InChI=1S/C16H20N2O2S.C5H12O3S/c1-11-14(21-10-18-11)13-7-5-12(6-8-13)9-17-15(19)20-16(2,3)4;1-3-4-5-8-9(2,6)7/h5-8,10H,9H2,1-4H3,(H,17,19);3-5H2,1-2H3. The summed E-state index contributed by atoms with van der Waals surface area (Å²) in [5.74, 6) is 0. The largest absolute Gasteiger partial charge is 0.444 e. The van der Waals surface area contributed by atoms with Crippen LogP contribution in [0.15, 0.2) is 29.8 Å². The monoisotopic (exact) mass is 456 g/mol. The van der Waals surface area contributed by atoms with Gasteiger partial charge in [0.15, 0.2) is 0 Å². The number of amides is 1. The van der Waals surface area contributed by atoms with Gasteiger partial charge in [0.25, 0.3) is 10.1 Å². The van der Waals surface area contributed by atoms with Crippen LogP contribution in [-0.4, -0.2) is 38.0 Å². The Kier molecular flexibility index (Phi) is 10.4. The maximum Gasteiger partial charge on any atom is 0.407 e. The first kappa shape index (κ1) is 26.1. The van der Waals surface area contributed by atoms with E-state index < -0.39 is 21.8 Å². The van der Waals surface area contributed by atoms with Crippen LogP contribution < -0.4 is 5.32 Å². The van der Waals surface area contributed by atoms with Crippen LogP contribution in [0.1, 0.15) is 51.8 Å². The molecule has 0 spiro atoms. The van der Waals surface area contributed by atoms with Crippen molar-refractivity contribution in [2.24, 2.45) is 0 Å². The van der Waals surface area contributed by atoms with E-state index >= 15 is 0 Å². The van der Waals surface area contributed by atoms with Gasteiger partial charge in [-0.3, -0.25) is 4.18 Å². The van der Waals surface area contributed by atoms with Crippen molar-refractivity contribution in [1.29, 1.82) is 0 Å². The first-order chi connectivity index (χ1) is 13.9. The first-order valence-corrected chi connectivity index (χ1v) is 12.4. The number of nitrogens with zero attached hydrogens (tertiary/aromatic N) is 1. The van der Waals surface area contributed by atoms with E-state index in [-0.39, 0.29) is 0 Å². The van der Waals surface area contributed by atoms with Gasteiger partial charge in [-0.05, 0) is 45.2 Å². The lowest BCUT2D eigenvalue weighted by Gasteiger charge is -2.19. The van der Waals surface area contributed by atoms with E-state index in [1.807, 2.05) is 64.4 Å². The minimum Gasteiger partial charge on any atom is -0.444 e. The smallest absolute Gasteiger partial charge is 0.407 e. The van der Waals surface area contributed by atoms with Gasteiger partial charge in [0.1, 0.15) is 5.60 Å². The van der Waals surface area contributed by atoms with Crippen molar-refractivity contribution in [3.05, 3.63) is 41.0 Å². The highest BCUT2D eigenvalue weighted by Crippen LogP contribution is 2.27. The van der Waals surface area contributed by atoms with Gasteiger partial charge < -0.3 is 10.1 Å².